The Morgan fingerprint density at radius 1 is 1.48 bits per heavy atom. The maximum atomic E-state index is 12.3. The second-order valence-corrected chi connectivity index (χ2v) is 6.15. The molecule has 1 rings (SSSR count). The molecule has 0 atom stereocenters. The van der Waals surface area contributed by atoms with Crippen molar-refractivity contribution in [2.24, 2.45) is 0 Å². The fraction of sp³-hybridized carbons (Fsp3) is 0.583. The van der Waals surface area contributed by atoms with E-state index in [-0.39, 0.29) is 12.5 Å². The topological polar surface area (TPSA) is 58.4 Å². The standard InChI is InChI=1S/C12H18F3N3OS2/c1-4-17-10(19)8-7(16)9(20-3)11(21-8)18(2)6-5-12(13,14)15/h4-6,16H2,1-3H3,(H,17,19). The van der Waals surface area contributed by atoms with Crippen LogP contribution in [0.3, 0.4) is 0 Å². The third-order valence-electron chi connectivity index (χ3n) is 2.71. The van der Waals surface area contributed by atoms with Crippen LogP contribution in [-0.2, 0) is 0 Å². The van der Waals surface area contributed by atoms with Gasteiger partial charge in [0.1, 0.15) is 9.88 Å². The van der Waals surface area contributed by atoms with Gasteiger partial charge in [0, 0.05) is 20.1 Å². The Kier molecular flexibility index (Phi) is 6.21. The summed E-state index contributed by atoms with van der Waals surface area (Å²) in [6.45, 7) is 2.07. The smallest absolute Gasteiger partial charge is 0.390 e. The number of carbonyl (C=O) groups is 1. The fourth-order valence-electron chi connectivity index (χ4n) is 1.67. The van der Waals surface area contributed by atoms with E-state index >= 15 is 0 Å². The molecule has 0 fully saturated rings. The summed E-state index contributed by atoms with van der Waals surface area (Å²) in [5, 5.41) is 3.23. The van der Waals surface area contributed by atoms with Crippen molar-refractivity contribution in [1.82, 2.24) is 5.32 Å². The predicted molar refractivity (Wildman–Crippen MR) is 82.5 cm³/mol. The highest BCUT2D eigenvalue weighted by Gasteiger charge is 2.29. The molecule has 0 unspecified atom stereocenters. The Morgan fingerprint density at radius 2 is 2.10 bits per heavy atom. The van der Waals surface area contributed by atoms with Gasteiger partial charge in [0.2, 0.25) is 0 Å². The van der Waals surface area contributed by atoms with Gasteiger partial charge < -0.3 is 16.0 Å². The SMILES string of the molecule is CCNC(=O)c1sc(N(C)CCC(F)(F)F)c(SC)c1N. The number of alkyl halides is 3. The molecule has 0 aliphatic carbocycles. The van der Waals surface area contributed by atoms with Gasteiger partial charge in [-0.05, 0) is 13.2 Å². The van der Waals surface area contributed by atoms with E-state index in [1.165, 1.54) is 16.7 Å². The van der Waals surface area contributed by atoms with Crippen molar-refractivity contribution in [2.75, 3.05) is 37.0 Å². The van der Waals surface area contributed by atoms with E-state index < -0.39 is 12.6 Å². The van der Waals surface area contributed by atoms with Gasteiger partial charge in [-0.2, -0.15) is 13.2 Å². The number of amides is 1. The molecule has 21 heavy (non-hydrogen) atoms. The molecule has 4 nitrogen and oxygen atoms in total. The predicted octanol–water partition coefficient (Wildman–Crippen LogP) is 3.19. The lowest BCUT2D eigenvalue weighted by Crippen LogP contribution is -2.23. The maximum Gasteiger partial charge on any atom is 0.390 e. The third kappa shape index (κ3) is 4.70. The zero-order chi connectivity index (χ0) is 16.2. The van der Waals surface area contributed by atoms with Crippen molar-refractivity contribution in [3.8, 4) is 0 Å². The van der Waals surface area contributed by atoms with Crippen LogP contribution in [0.25, 0.3) is 0 Å². The zero-order valence-electron chi connectivity index (χ0n) is 12.0. The van der Waals surface area contributed by atoms with E-state index in [2.05, 4.69) is 5.32 Å². The molecule has 3 N–H and O–H groups in total. The van der Waals surface area contributed by atoms with Crippen molar-refractivity contribution >= 4 is 39.7 Å². The van der Waals surface area contributed by atoms with Gasteiger partial charge in [0.05, 0.1) is 17.0 Å². The molecule has 1 aromatic heterocycles. The van der Waals surface area contributed by atoms with Crippen LogP contribution in [0.4, 0.5) is 23.9 Å². The summed E-state index contributed by atoms with van der Waals surface area (Å²) in [6, 6.07) is 0. The van der Waals surface area contributed by atoms with Crippen molar-refractivity contribution < 1.29 is 18.0 Å². The van der Waals surface area contributed by atoms with Crippen LogP contribution in [0.15, 0.2) is 4.90 Å². The lowest BCUT2D eigenvalue weighted by molar-refractivity contribution is -0.132. The number of nitrogens with one attached hydrogen (secondary N) is 1. The molecule has 1 heterocycles. The summed E-state index contributed by atoms with van der Waals surface area (Å²) >= 11 is 2.44. The quantitative estimate of drug-likeness (QED) is 0.780. The summed E-state index contributed by atoms with van der Waals surface area (Å²) in [6.07, 6.45) is -3.34. The third-order valence-corrected chi connectivity index (χ3v) is 4.98. The number of nitrogen functional groups attached to an aromatic ring is 1. The fourth-order valence-corrected chi connectivity index (χ4v) is 3.78. The van der Waals surface area contributed by atoms with Gasteiger partial charge >= 0.3 is 6.18 Å². The molecule has 0 radical (unpaired) electrons. The van der Waals surface area contributed by atoms with Gasteiger partial charge in [0.15, 0.2) is 0 Å². The number of anilines is 2. The van der Waals surface area contributed by atoms with Gasteiger partial charge in [-0.25, -0.2) is 0 Å². The van der Waals surface area contributed by atoms with Gasteiger partial charge in [0.25, 0.3) is 5.91 Å². The Balaban J connectivity index is 3.01. The molecule has 0 spiro atoms. The van der Waals surface area contributed by atoms with E-state index in [4.69, 9.17) is 5.73 Å². The van der Waals surface area contributed by atoms with E-state index in [0.717, 1.165) is 11.3 Å². The Morgan fingerprint density at radius 3 is 2.57 bits per heavy atom. The summed E-state index contributed by atoms with van der Waals surface area (Å²) in [5.41, 5.74) is 6.27. The highest BCUT2D eigenvalue weighted by molar-refractivity contribution is 7.99. The van der Waals surface area contributed by atoms with Crippen LogP contribution >= 0.6 is 23.1 Å². The van der Waals surface area contributed by atoms with Crippen molar-refractivity contribution in [3.05, 3.63) is 4.88 Å². The van der Waals surface area contributed by atoms with E-state index in [9.17, 15) is 18.0 Å². The number of thioether (sulfide) groups is 1. The molecular formula is C12H18F3N3OS2. The Bertz CT molecular complexity index is 503. The number of thiophene rings is 1. The number of nitrogens with zero attached hydrogens (tertiary/aromatic N) is 1. The Hall–Kier alpha value is -1.09. The molecule has 9 heteroatoms. The van der Waals surface area contributed by atoms with Crippen LogP contribution in [0.5, 0.6) is 0 Å². The van der Waals surface area contributed by atoms with E-state index in [1.54, 1.807) is 20.2 Å². The number of hydrogen-bond acceptors (Lipinski definition) is 5. The lowest BCUT2D eigenvalue weighted by Gasteiger charge is -2.19. The highest BCUT2D eigenvalue weighted by atomic mass is 32.2. The molecule has 1 aromatic rings. The Labute approximate surface area is 129 Å². The second-order valence-electron chi connectivity index (χ2n) is 4.33. The number of hydrogen-bond donors (Lipinski definition) is 2. The first-order chi connectivity index (χ1) is 9.71. The van der Waals surface area contributed by atoms with Gasteiger partial charge in [-0.3, -0.25) is 4.79 Å². The summed E-state index contributed by atoms with van der Waals surface area (Å²) in [5.74, 6) is -0.300. The van der Waals surface area contributed by atoms with Crippen molar-refractivity contribution in [2.45, 2.75) is 24.4 Å². The first-order valence-electron chi connectivity index (χ1n) is 6.23. The van der Waals surface area contributed by atoms with Crippen LogP contribution < -0.4 is 16.0 Å². The highest BCUT2D eigenvalue weighted by Crippen LogP contribution is 2.43. The summed E-state index contributed by atoms with van der Waals surface area (Å²) < 4.78 is 36.9. The number of carbonyl (C=O) groups excluding carboxylic acids is 1. The average Bonchev–Trinajstić information content (AvgIpc) is 2.72. The largest absolute Gasteiger partial charge is 0.396 e. The molecule has 0 aromatic carbocycles. The van der Waals surface area contributed by atoms with Gasteiger partial charge in [-0.15, -0.1) is 23.1 Å². The molecule has 120 valence electrons. The van der Waals surface area contributed by atoms with Crippen LogP contribution in [0.2, 0.25) is 0 Å². The summed E-state index contributed by atoms with van der Waals surface area (Å²) in [4.78, 5) is 14.4. The molecule has 0 saturated carbocycles. The minimum Gasteiger partial charge on any atom is -0.396 e. The molecule has 0 saturated heterocycles. The van der Waals surface area contributed by atoms with Crippen molar-refractivity contribution in [3.63, 3.8) is 0 Å². The second kappa shape index (κ2) is 7.26. The normalized spacial score (nSPS) is 11.5. The van der Waals surface area contributed by atoms with Crippen molar-refractivity contribution in [1.29, 1.82) is 0 Å². The average molecular weight is 341 g/mol. The number of nitrogens with two attached hydrogens (primary N) is 1. The van der Waals surface area contributed by atoms with Crippen LogP contribution in [0.1, 0.15) is 23.0 Å². The van der Waals surface area contributed by atoms with E-state index in [1.807, 2.05) is 0 Å². The molecule has 0 aliphatic heterocycles. The molecule has 0 aliphatic rings. The number of halogens is 3. The van der Waals surface area contributed by atoms with E-state index in [0.29, 0.717) is 27.0 Å². The molecular weight excluding hydrogens is 323 g/mol. The van der Waals surface area contributed by atoms with Gasteiger partial charge in [-0.1, -0.05) is 0 Å². The monoisotopic (exact) mass is 341 g/mol. The first kappa shape index (κ1) is 18.0. The summed E-state index contributed by atoms with van der Waals surface area (Å²) in [7, 11) is 1.57. The van der Waals surface area contributed by atoms with Crippen LogP contribution in [0, 0.1) is 0 Å². The van der Waals surface area contributed by atoms with Crippen LogP contribution in [-0.4, -0.2) is 38.5 Å². The molecule has 0 bridgehead atoms. The first-order valence-corrected chi connectivity index (χ1v) is 8.27. The molecule has 1 amide bonds. The number of rotatable bonds is 6. The zero-order valence-corrected chi connectivity index (χ0v) is 13.6. The minimum absolute atomic E-state index is 0.175. The lowest BCUT2D eigenvalue weighted by atomic mass is 10.3. The minimum atomic E-state index is -4.21. The maximum absolute atomic E-state index is 12.3.